The molecule has 17 nitrogen and oxygen atoms in total. The monoisotopic (exact) mass is 682 g/mol. The van der Waals surface area contributed by atoms with Crippen LogP contribution in [0.2, 0.25) is 0 Å². The second-order valence-electron chi connectivity index (χ2n) is 12.0. The zero-order chi connectivity index (χ0) is 34.9. The number of hydrogen-bond acceptors (Lipinski definition) is 15. The molecule has 17 heteroatoms. The molecule has 2 aliphatic heterocycles. The highest BCUT2D eigenvalue weighted by molar-refractivity contribution is 5.87. The van der Waals surface area contributed by atoms with Crippen LogP contribution in [0.5, 0.6) is 0 Å². The lowest BCUT2D eigenvalue weighted by molar-refractivity contribution is -0.301. The molecule has 10 unspecified atom stereocenters. The Hall–Kier alpha value is -1.87. The first-order valence-corrected chi connectivity index (χ1v) is 16.3. The van der Waals surface area contributed by atoms with E-state index >= 15 is 0 Å². The summed E-state index contributed by atoms with van der Waals surface area (Å²) in [4.78, 5) is 36.5. The van der Waals surface area contributed by atoms with Crippen molar-refractivity contribution < 1.29 is 74.2 Å². The van der Waals surface area contributed by atoms with Gasteiger partial charge in [-0.05, 0) is 51.9 Å². The maximum Gasteiger partial charge on any atom is 0.220 e. The molecule has 0 bridgehead atoms. The van der Waals surface area contributed by atoms with Gasteiger partial charge in [0, 0.05) is 38.5 Å². The van der Waals surface area contributed by atoms with E-state index in [-0.39, 0.29) is 50.3 Å². The molecule has 2 saturated heterocycles. The smallest absolute Gasteiger partial charge is 0.220 e. The lowest BCUT2D eigenvalue weighted by atomic mass is 9.97. The number of hydrogen-bond donors (Lipinski definition) is 10. The Morgan fingerprint density at radius 2 is 1.32 bits per heavy atom. The van der Waals surface area contributed by atoms with E-state index in [2.05, 4.69) is 10.6 Å². The Kier molecular flexibility index (Phi) is 19.3. The summed E-state index contributed by atoms with van der Waals surface area (Å²) < 4.78 is 21.5. The first-order chi connectivity index (χ1) is 22.4. The molecule has 2 aliphatic rings. The zero-order valence-electron chi connectivity index (χ0n) is 26.9. The highest BCUT2D eigenvalue weighted by atomic mass is 16.7. The SMILES string of the molecule is CC(=O)[C@H](CCCCNC(=O)CCCCOC1OCC(CO)C(O)C(O)C1O)NC(=O)CCCCOC1OC(CO)C(O)C(O)C1O. The Balaban J connectivity index is 1.53. The second kappa shape index (κ2) is 22.0. The topological polar surface area (TPSA) is 274 Å². The van der Waals surface area contributed by atoms with Gasteiger partial charge in [-0.1, -0.05) is 0 Å². The predicted molar refractivity (Wildman–Crippen MR) is 161 cm³/mol. The number of aliphatic hydroxyl groups is 8. The van der Waals surface area contributed by atoms with Gasteiger partial charge in [-0.3, -0.25) is 14.4 Å². The minimum Gasteiger partial charge on any atom is -0.396 e. The number of carbonyl (C=O) groups is 3. The van der Waals surface area contributed by atoms with Gasteiger partial charge in [-0.2, -0.15) is 0 Å². The molecule has 274 valence electrons. The van der Waals surface area contributed by atoms with Crippen LogP contribution in [0.3, 0.4) is 0 Å². The molecular weight excluding hydrogens is 628 g/mol. The summed E-state index contributed by atoms with van der Waals surface area (Å²) in [5, 5.41) is 83.7. The van der Waals surface area contributed by atoms with E-state index in [9.17, 15) is 55.2 Å². The molecule has 2 fully saturated rings. The van der Waals surface area contributed by atoms with Crippen molar-refractivity contribution in [2.75, 3.05) is 39.6 Å². The molecule has 0 aromatic heterocycles. The van der Waals surface area contributed by atoms with Crippen LogP contribution in [-0.2, 0) is 33.3 Å². The van der Waals surface area contributed by atoms with Crippen molar-refractivity contribution in [2.24, 2.45) is 5.92 Å². The van der Waals surface area contributed by atoms with Gasteiger partial charge in [0.2, 0.25) is 11.8 Å². The Morgan fingerprint density at radius 1 is 0.723 bits per heavy atom. The second-order valence-corrected chi connectivity index (χ2v) is 12.0. The fourth-order valence-electron chi connectivity index (χ4n) is 5.18. The fourth-order valence-corrected chi connectivity index (χ4v) is 5.18. The first kappa shape index (κ1) is 41.3. The van der Waals surface area contributed by atoms with E-state index < -0.39 is 80.5 Å². The molecule has 2 rings (SSSR count). The average molecular weight is 683 g/mol. The quantitative estimate of drug-likeness (QED) is 0.0528. The Labute approximate surface area is 274 Å². The van der Waals surface area contributed by atoms with Crippen LogP contribution in [0.4, 0.5) is 0 Å². The summed E-state index contributed by atoms with van der Waals surface area (Å²) in [7, 11) is 0. The zero-order valence-corrected chi connectivity index (χ0v) is 26.9. The van der Waals surface area contributed by atoms with Crippen molar-refractivity contribution in [2.45, 2.75) is 126 Å². The van der Waals surface area contributed by atoms with Crippen LogP contribution in [0.25, 0.3) is 0 Å². The van der Waals surface area contributed by atoms with Crippen molar-refractivity contribution in [3.63, 3.8) is 0 Å². The number of unbranched alkanes of at least 4 members (excludes halogenated alkanes) is 3. The van der Waals surface area contributed by atoms with Crippen LogP contribution in [0.1, 0.15) is 64.7 Å². The molecule has 0 saturated carbocycles. The largest absolute Gasteiger partial charge is 0.396 e. The number of amides is 2. The standard InChI is InChI=1S/C30H54N2O15/c1-17(35)19(32-22(37)10-4-7-13-45-30-28(43)26(41)24(39)20(15-34)47-30)8-2-5-11-31-21(36)9-3-6-12-44-29-27(42)25(40)23(38)18(14-33)16-46-29/h18-20,23-30,33-34,38-43H,2-16H2,1H3,(H,31,36)(H,32,37)/t18?,19-,20?,23?,24?,25?,26?,27?,28?,29?,30?/m0/s1. The molecule has 47 heavy (non-hydrogen) atoms. The molecule has 0 radical (unpaired) electrons. The number of ketones is 1. The van der Waals surface area contributed by atoms with Gasteiger partial charge in [0.15, 0.2) is 18.4 Å². The lowest BCUT2D eigenvalue weighted by Gasteiger charge is -2.39. The van der Waals surface area contributed by atoms with Gasteiger partial charge in [-0.15, -0.1) is 0 Å². The number of carbonyl (C=O) groups excluding carboxylic acids is 3. The Morgan fingerprint density at radius 3 is 1.94 bits per heavy atom. The highest BCUT2D eigenvalue weighted by Crippen LogP contribution is 2.23. The normalized spacial score (nSPS) is 31.9. The lowest BCUT2D eigenvalue weighted by Crippen LogP contribution is -2.59. The minimum atomic E-state index is -1.53. The number of ether oxygens (including phenoxy) is 4. The van der Waals surface area contributed by atoms with Crippen LogP contribution in [0.15, 0.2) is 0 Å². The molecular formula is C30H54N2O15. The van der Waals surface area contributed by atoms with Gasteiger partial charge in [-0.25, -0.2) is 0 Å². The Bertz CT molecular complexity index is 928. The molecule has 2 heterocycles. The van der Waals surface area contributed by atoms with E-state index in [1.54, 1.807) is 0 Å². The van der Waals surface area contributed by atoms with E-state index in [0.29, 0.717) is 51.5 Å². The third-order valence-corrected chi connectivity index (χ3v) is 8.25. The summed E-state index contributed by atoms with van der Waals surface area (Å²) in [5.41, 5.74) is 0. The average Bonchev–Trinajstić information content (AvgIpc) is 3.14. The maximum absolute atomic E-state index is 12.4. The van der Waals surface area contributed by atoms with Gasteiger partial charge in [0.1, 0.15) is 36.6 Å². The molecule has 11 atom stereocenters. The van der Waals surface area contributed by atoms with Crippen LogP contribution >= 0.6 is 0 Å². The van der Waals surface area contributed by atoms with Crippen LogP contribution in [0, 0.1) is 5.92 Å². The number of aliphatic hydroxyl groups excluding tert-OH is 8. The number of Topliss-reactive ketones (excluding diaryl/α,β-unsaturated/α-hetero) is 1. The molecule has 10 N–H and O–H groups in total. The molecule has 0 aromatic carbocycles. The first-order valence-electron chi connectivity index (χ1n) is 16.3. The highest BCUT2D eigenvalue weighted by Gasteiger charge is 2.44. The van der Waals surface area contributed by atoms with Gasteiger partial charge < -0.3 is 70.4 Å². The van der Waals surface area contributed by atoms with Gasteiger partial charge in [0.05, 0.1) is 32.0 Å². The van der Waals surface area contributed by atoms with Crippen molar-refractivity contribution in [3.05, 3.63) is 0 Å². The van der Waals surface area contributed by atoms with E-state index in [1.165, 1.54) is 6.92 Å². The number of nitrogens with one attached hydrogen (secondary N) is 2. The third-order valence-electron chi connectivity index (χ3n) is 8.25. The van der Waals surface area contributed by atoms with Gasteiger partial charge >= 0.3 is 0 Å². The molecule has 0 spiro atoms. The van der Waals surface area contributed by atoms with Crippen molar-refractivity contribution in [1.29, 1.82) is 0 Å². The van der Waals surface area contributed by atoms with Crippen molar-refractivity contribution in [3.8, 4) is 0 Å². The maximum atomic E-state index is 12.4. The van der Waals surface area contributed by atoms with Crippen molar-refractivity contribution >= 4 is 17.6 Å². The molecule has 0 aliphatic carbocycles. The summed E-state index contributed by atoms with van der Waals surface area (Å²) in [6, 6.07) is -0.654. The minimum absolute atomic E-state index is 0.0896. The van der Waals surface area contributed by atoms with Gasteiger partial charge in [0.25, 0.3) is 0 Å². The number of rotatable bonds is 21. The predicted octanol–water partition coefficient (Wildman–Crippen LogP) is -3.43. The molecule has 2 amide bonds. The summed E-state index contributed by atoms with van der Waals surface area (Å²) in [6.45, 7) is 0.967. The summed E-state index contributed by atoms with van der Waals surface area (Å²) in [5.74, 6) is -1.40. The van der Waals surface area contributed by atoms with E-state index in [0.717, 1.165) is 0 Å². The fraction of sp³-hybridized carbons (Fsp3) is 0.900. The summed E-state index contributed by atoms with van der Waals surface area (Å²) in [6.07, 6.45) is -8.54. The van der Waals surface area contributed by atoms with E-state index in [4.69, 9.17) is 18.9 Å². The van der Waals surface area contributed by atoms with Crippen LogP contribution in [-0.4, -0.2) is 159 Å². The molecule has 0 aromatic rings. The van der Waals surface area contributed by atoms with Crippen molar-refractivity contribution in [1.82, 2.24) is 10.6 Å². The van der Waals surface area contributed by atoms with Crippen LogP contribution < -0.4 is 10.6 Å². The summed E-state index contributed by atoms with van der Waals surface area (Å²) >= 11 is 0. The van der Waals surface area contributed by atoms with E-state index in [1.807, 2.05) is 0 Å². The third kappa shape index (κ3) is 13.9.